The number of rotatable bonds is 9. The number of benzene rings is 2. The zero-order valence-electron chi connectivity index (χ0n) is 34.4. The van der Waals surface area contributed by atoms with Crippen molar-refractivity contribution in [3.05, 3.63) is 65.2 Å². The van der Waals surface area contributed by atoms with Gasteiger partial charge in [-0.1, -0.05) is 36.4 Å². The van der Waals surface area contributed by atoms with E-state index in [4.69, 9.17) is 28.4 Å². The van der Waals surface area contributed by atoms with Crippen LogP contribution in [0.2, 0.25) is 0 Å². The predicted molar refractivity (Wildman–Crippen MR) is 203 cm³/mol. The molecule has 0 unspecified atom stereocenters. The Morgan fingerprint density at radius 3 is 1.69 bits per heavy atom. The van der Waals surface area contributed by atoms with Crippen LogP contribution in [-0.2, 0) is 55.7 Å². The second kappa shape index (κ2) is 16.4. The molecule has 11 heteroatoms. The van der Waals surface area contributed by atoms with Gasteiger partial charge in [0.15, 0.2) is 24.5 Å². The third-order valence-electron chi connectivity index (χ3n) is 9.54. The molecule has 4 rings (SSSR count). The van der Waals surface area contributed by atoms with E-state index in [0.717, 1.165) is 16.9 Å². The molecule has 298 valence electrons. The Balaban J connectivity index is 1.93. The lowest BCUT2D eigenvalue weighted by Crippen LogP contribution is -2.68. The summed E-state index contributed by atoms with van der Waals surface area (Å²) in [7, 11) is 1.62. The van der Waals surface area contributed by atoms with Crippen LogP contribution in [0.1, 0.15) is 106 Å². The van der Waals surface area contributed by atoms with Gasteiger partial charge in [-0.05, 0) is 125 Å². The maximum atomic E-state index is 13.9. The normalized spacial score (nSPS) is 23.8. The standard InChI is InChI=1S/C43H61NO10/c1-40(2,3)36(45)50-25-31-32(52-37(46)41(4,5)6)33(53-38(47)42(7,8)9)34(54-39(48)43(10,11)12)35(51-31)44-23-22-27-16-14-15-17-29(27)30(44)24-26-18-20-28(49-13)21-19-26/h14-21,30-35H,22-25H2,1-13H3/t30-,31+,32-,33-,34+,35+/m0/s1. The second-order valence-corrected chi connectivity index (χ2v) is 18.5. The summed E-state index contributed by atoms with van der Waals surface area (Å²) in [6.07, 6.45) is -4.79. The van der Waals surface area contributed by atoms with E-state index in [-0.39, 0.29) is 12.6 Å². The van der Waals surface area contributed by atoms with Gasteiger partial charge in [0.25, 0.3) is 0 Å². The lowest BCUT2D eigenvalue weighted by molar-refractivity contribution is -0.288. The van der Waals surface area contributed by atoms with Crippen LogP contribution in [0.5, 0.6) is 5.75 Å². The van der Waals surface area contributed by atoms with Crippen molar-refractivity contribution < 1.29 is 47.6 Å². The van der Waals surface area contributed by atoms with Crippen molar-refractivity contribution in [2.24, 2.45) is 21.7 Å². The summed E-state index contributed by atoms with van der Waals surface area (Å²) in [5.41, 5.74) is -0.436. The van der Waals surface area contributed by atoms with Gasteiger partial charge in [-0.3, -0.25) is 24.1 Å². The van der Waals surface area contributed by atoms with Gasteiger partial charge in [0.05, 0.1) is 28.8 Å². The number of ether oxygens (including phenoxy) is 6. The summed E-state index contributed by atoms with van der Waals surface area (Å²) in [5, 5.41) is 0. The monoisotopic (exact) mass is 751 g/mol. The molecule has 11 nitrogen and oxygen atoms in total. The average molecular weight is 752 g/mol. The van der Waals surface area contributed by atoms with Gasteiger partial charge in [0.2, 0.25) is 0 Å². The molecule has 0 amide bonds. The van der Waals surface area contributed by atoms with Gasteiger partial charge in [-0.15, -0.1) is 0 Å². The van der Waals surface area contributed by atoms with Crippen LogP contribution in [-0.4, -0.2) is 79.7 Å². The van der Waals surface area contributed by atoms with Crippen LogP contribution in [0.4, 0.5) is 0 Å². The van der Waals surface area contributed by atoms with Gasteiger partial charge in [0, 0.05) is 12.6 Å². The maximum Gasteiger partial charge on any atom is 0.311 e. The molecule has 2 aromatic carbocycles. The van der Waals surface area contributed by atoms with E-state index in [9.17, 15) is 19.2 Å². The number of carbonyl (C=O) groups excluding carboxylic acids is 4. The number of fused-ring (bicyclic) bond motifs is 1. The van der Waals surface area contributed by atoms with Crippen molar-refractivity contribution in [1.82, 2.24) is 4.90 Å². The molecular weight excluding hydrogens is 690 g/mol. The number of methoxy groups -OCH3 is 1. The molecule has 0 spiro atoms. The van der Waals surface area contributed by atoms with Crippen LogP contribution in [0.3, 0.4) is 0 Å². The van der Waals surface area contributed by atoms with Crippen LogP contribution >= 0.6 is 0 Å². The topological polar surface area (TPSA) is 127 Å². The van der Waals surface area contributed by atoms with Gasteiger partial charge in [-0.2, -0.15) is 0 Å². The molecule has 0 N–H and O–H groups in total. The van der Waals surface area contributed by atoms with Crippen LogP contribution in [0, 0.1) is 21.7 Å². The molecule has 1 saturated heterocycles. The highest BCUT2D eigenvalue weighted by Gasteiger charge is 2.57. The Bertz CT molecular complexity index is 1640. The zero-order valence-corrected chi connectivity index (χ0v) is 34.4. The quantitative estimate of drug-likeness (QED) is 0.194. The van der Waals surface area contributed by atoms with E-state index in [0.29, 0.717) is 19.4 Å². The van der Waals surface area contributed by atoms with Crippen LogP contribution in [0.25, 0.3) is 0 Å². The molecule has 2 heterocycles. The van der Waals surface area contributed by atoms with Crippen molar-refractivity contribution in [2.75, 3.05) is 20.3 Å². The van der Waals surface area contributed by atoms with Crippen molar-refractivity contribution in [3.8, 4) is 5.75 Å². The fraction of sp³-hybridized carbons (Fsp3) is 0.628. The molecule has 0 aromatic heterocycles. The summed E-state index contributed by atoms with van der Waals surface area (Å²) in [6.45, 7) is 20.9. The Morgan fingerprint density at radius 1 is 0.667 bits per heavy atom. The molecule has 2 aromatic rings. The zero-order chi connectivity index (χ0) is 40.4. The first kappa shape index (κ1) is 42.8. The number of nitrogens with zero attached hydrogens (tertiary/aromatic N) is 1. The van der Waals surface area contributed by atoms with Crippen molar-refractivity contribution in [2.45, 2.75) is 133 Å². The molecular formula is C43H61NO10. The van der Waals surface area contributed by atoms with Gasteiger partial charge >= 0.3 is 23.9 Å². The highest BCUT2D eigenvalue weighted by molar-refractivity contribution is 5.78. The highest BCUT2D eigenvalue weighted by Crippen LogP contribution is 2.41. The van der Waals surface area contributed by atoms with Gasteiger partial charge < -0.3 is 28.4 Å². The van der Waals surface area contributed by atoms with Crippen molar-refractivity contribution in [3.63, 3.8) is 0 Å². The first-order valence-corrected chi connectivity index (χ1v) is 18.8. The Morgan fingerprint density at radius 2 is 1.17 bits per heavy atom. The molecule has 2 aliphatic heterocycles. The summed E-state index contributed by atoms with van der Waals surface area (Å²) in [6, 6.07) is 15.8. The number of hydrogen-bond donors (Lipinski definition) is 0. The summed E-state index contributed by atoms with van der Waals surface area (Å²) >= 11 is 0. The molecule has 6 atom stereocenters. The first-order chi connectivity index (χ1) is 24.9. The van der Waals surface area contributed by atoms with Gasteiger partial charge in [0.1, 0.15) is 18.5 Å². The molecule has 0 aliphatic carbocycles. The minimum Gasteiger partial charge on any atom is -0.497 e. The van der Waals surface area contributed by atoms with Gasteiger partial charge in [-0.25, -0.2) is 0 Å². The lowest BCUT2D eigenvalue weighted by atomic mass is 9.86. The third-order valence-corrected chi connectivity index (χ3v) is 9.54. The second-order valence-electron chi connectivity index (χ2n) is 18.5. The van der Waals surface area contributed by atoms with Crippen LogP contribution < -0.4 is 4.74 Å². The first-order valence-electron chi connectivity index (χ1n) is 18.8. The Hall–Kier alpha value is -3.96. The highest BCUT2D eigenvalue weighted by atomic mass is 16.7. The van der Waals surface area contributed by atoms with E-state index in [1.54, 1.807) is 90.2 Å². The smallest absolute Gasteiger partial charge is 0.311 e. The fourth-order valence-corrected chi connectivity index (χ4v) is 6.16. The minimum atomic E-state index is -1.33. The van der Waals surface area contributed by atoms with Crippen molar-refractivity contribution in [1.29, 1.82) is 0 Å². The number of carbonyl (C=O) groups is 4. The molecule has 0 saturated carbocycles. The van der Waals surface area contributed by atoms with E-state index >= 15 is 0 Å². The molecule has 2 aliphatic rings. The summed E-state index contributed by atoms with van der Waals surface area (Å²) in [4.78, 5) is 56.7. The number of hydrogen-bond acceptors (Lipinski definition) is 11. The molecule has 0 bridgehead atoms. The summed E-state index contributed by atoms with van der Waals surface area (Å²) in [5.74, 6) is -1.50. The van der Waals surface area contributed by atoms with E-state index in [1.165, 1.54) is 5.56 Å². The number of esters is 4. The molecule has 54 heavy (non-hydrogen) atoms. The predicted octanol–water partition coefficient (Wildman–Crippen LogP) is 7.03. The minimum absolute atomic E-state index is 0.283. The molecule has 1 fully saturated rings. The van der Waals surface area contributed by atoms with E-state index < -0.39 is 76.2 Å². The maximum absolute atomic E-state index is 13.9. The van der Waals surface area contributed by atoms with Crippen molar-refractivity contribution >= 4 is 23.9 Å². The lowest BCUT2D eigenvalue weighted by Gasteiger charge is -2.51. The van der Waals surface area contributed by atoms with Crippen LogP contribution in [0.15, 0.2) is 48.5 Å². The van der Waals surface area contributed by atoms with E-state index in [2.05, 4.69) is 17.0 Å². The Labute approximate surface area is 321 Å². The van der Waals surface area contributed by atoms with E-state index in [1.807, 2.05) is 36.4 Å². The average Bonchev–Trinajstić information content (AvgIpc) is 3.07. The fourth-order valence-electron chi connectivity index (χ4n) is 6.16. The summed E-state index contributed by atoms with van der Waals surface area (Å²) < 4.78 is 37.1. The largest absolute Gasteiger partial charge is 0.497 e. The Kier molecular flexibility index (Phi) is 13.0. The molecule has 0 radical (unpaired) electrons. The third kappa shape index (κ3) is 10.4. The SMILES string of the molecule is COc1ccc(C[C@H]2c3ccccc3CCN2[C@@H]2O[C@H](COC(=O)C(C)(C)C)[C@H](OC(=O)C(C)(C)C)[C@H](OC(=O)C(C)(C)C)[C@H]2OC(=O)C(C)(C)C)cc1.